The first-order valence-corrected chi connectivity index (χ1v) is 11.5. The fourth-order valence-corrected chi connectivity index (χ4v) is 4.86. The van der Waals surface area contributed by atoms with Crippen molar-refractivity contribution in [2.45, 2.75) is 51.0 Å². The van der Waals surface area contributed by atoms with Gasteiger partial charge in [-0.05, 0) is 55.4 Å². The van der Waals surface area contributed by atoms with Crippen LogP contribution in [-0.2, 0) is 4.79 Å². The highest BCUT2D eigenvalue weighted by molar-refractivity contribution is 5.97. The van der Waals surface area contributed by atoms with E-state index in [0.29, 0.717) is 24.3 Å². The Bertz CT molecular complexity index is 885. The number of nitrogens with zero attached hydrogens (tertiary/aromatic N) is 1. The van der Waals surface area contributed by atoms with Gasteiger partial charge in [0.05, 0.1) is 6.10 Å². The van der Waals surface area contributed by atoms with Crippen LogP contribution in [0.2, 0.25) is 0 Å². The maximum Gasteiger partial charge on any atom is 0.253 e. The average molecular weight is 421 g/mol. The van der Waals surface area contributed by atoms with Crippen LogP contribution >= 0.6 is 0 Å². The van der Waals surface area contributed by atoms with E-state index < -0.39 is 6.10 Å². The molecule has 1 saturated carbocycles. The maximum atomic E-state index is 13.0. The number of carbonyl (C=O) groups is 2. The minimum absolute atomic E-state index is 0.0126. The second kappa shape index (κ2) is 10.1. The minimum atomic E-state index is -0.489. The van der Waals surface area contributed by atoms with Crippen LogP contribution in [0, 0.1) is 11.8 Å². The van der Waals surface area contributed by atoms with Crippen molar-refractivity contribution in [1.29, 1.82) is 0 Å². The zero-order valence-electron chi connectivity index (χ0n) is 18.0. The largest absolute Gasteiger partial charge is 0.388 e. The molecule has 0 aromatic heterocycles. The lowest BCUT2D eigenvalue weighted by atomic mass is 9.87. The number of aliphatic hydroxyl groups excluding tert-OH is 1. The lowest BCUT2D eigenvalue weighted by Crippen LogP contribution is -2.39. The smallest absolute Gasteiger partial charge is 0.253 e. The minimum Gasteiger partial charge on any atom is -0.388 e. The zero-order chi connectivity index (χ0) is 21.6. The zero-order valence-corrected chi connectivity index (χ0v) is 18.0. The Balaban J connectivity index is 1.33. The molecule has 0 radical (unpaired) electrons. The Morgan fingerprint density at radius 2 is 1.61 bits per heavy atom. The van der Waals surface area contributed by atoms with Crippen LogP contribution in [0.5, 0.6) is 0 Å². The highest BCUT2D eigenvalue weighted by atomic mass is 16.3. The summed E-state index contributed by atoms with van der Waals surface area (Å²) in [6.07, 6.45) is 6.42. The first kappa shape index (κ1) is 21.6. The number of likely N-dealkylation sites (tertiary alicyclic amines) is 1. The number of hydrogen-bond donors (Lipinski definition) is 2. The molecule has 2 fully saturated rings. The third kappa shape index (κ3) is 5.34. The van der Waals surface area contributed by atoms with Crippen LogP contribution in [0.25, 0.3) is 0 Å². The van der Waals surface area contributed by atoms with E-state index in [4.69, 9.17) is 0 Å². The summed E-state index contributed by atoms with van der Waals surface area (Å²) in [5.74, 6) is 0.303. The summed E-state index contributed by atoms with van der Waals surface area (Å²) >= 11 is 0. The first-order chi connectivity index (χ1) is 15.1. The van der Waals surface area contributed by atoms with Crippen molar-refractivity contribution in [2.24, 2.45) is 11.8 Å². The Morgan fingerprint density at radius 1 is 0.903 bits per heavy atom. The molecule has 2 aromatic carbocycles. The van der Waals surface area contributed by atoms with E-state index in [1.807, 2.05) is 53.4 Å². The van der Waals surface area contributed by atoms with E-state index in [9.17, 15) is 14.7 Å². The van der Waals surface area contributed by atoms with Gasteiger partial charge in [0, 0.05) is 30.3 Å². The molecule has 1 atom stereocenters. The fraction of sp³-hybridized carbons (Fsp3) is 0.462. The van der Waals surface area contributed by atoms with Gasteiger partial charge in [-0.1, -0.05) is 55.7 Å². The molecule has 164 valence electrons. The van der Waals surface area contributed by atoms with Crippen molar-refractivity contribution in [3.05, 3.63) is 65.7 Å². The number of amides is 2. The topological polar surface area (TPSA) is 69.6 Å². The van der Waals surface area contributed by atoms with Crippen LogP contribution in [0.3, 0.4) is 0 Å². The monoisotopic (exact) mass is 420 g/mol. The van der Waals surface area contributed by atoms with E-state index >= 15 is 0 Å². The van der Waals surface area contributed by atoms with E-state index in [1.54, 1.807) is 6.07 Å². The molecule has 5 heteroatoms. The van der Waals surface area contributed by atoms with Gasteiger partial charge in [-0.2, -0.15) is 0 Å². The van der Waals surface area contributed by atoms with Crippen LogP contribution in [0.1, 0.15) is 67.0 Å². The number of carbonyl (C=O) groups excluding carboxylic acids is 2. The molecule has 4 rings (SSSR count). The standard InChI is InChI=1S/C26H32N2O3/c29-24(19-8-3-1-4-9-19)20-14-16-28(17-15-20)26(31)22-12-7-13-23(18-22)27-25(30)21-10-5-2-6-11-21/h1,3-4,7-9,12-13,18,20-21,24,29H,2,5-6,10-11,14-17H2,(H,27,30). The number of hydrogen-bond acceptors (Lipinski definition) is 3. The predicted molar refractivity (Wildman–Crippen MR) is 122 cm³/mol. The van der Waals surface area contributed by atoms with E-state index in [2.05, 4.69) is 5.32 Å². The molecule has 0 bridgehead atoms. The first-order valence-electron chi connectivity index (χ1n) is 11.5. The summed E-state index contributed by atoms with van der Waals surface area (Å²) in [6.45, 7) is 1.26. The van der Waals surface area contributed by atoms with Crippen LogP contribution in [0.4, 0.5) is 5.69 Å². The summed E-state index contributed by atoms with van der Waals surface area (Å²) in [5, 5.41) is 13.7. The summed E-state index contributed by atoms with van der Waals surface area (Å²) < 4.78 is 0. The van der Waals surface area contributed by atoms with E-state index in [1.165, 1.54) is 6.42 Å². The van der Waals surface area contributed by atoms with Crippen molar-refractivity contribution in [3.63, 3.8) is 0 Å². The van der Waals surface area contributed by atoms with E-state index in [0.717, 1.165) is 44.1 Å². The number of nitrogens with one attached hydrogen (secondary N) is 1. The quantitative estimate of drug-likeness (QED) is 0.731. The molecule has 1 saturated heterocycles. The Kier molecular flexibility index (Phi) is 7.03. The predicted octanol–water partition coefficient (Wildman–Crippen LogP) is 4.79. The van der Waals surface area contributed by atoms with Gasteiger partial charge in [0.25, 0.3) is 5.91 Å². The molecule has 2 N–H and O–H groups in total. The highest BCUT2D eigenvalue weighted by Crippen LogP contribution is 2.31. The Hall–Kier alpha value is -2.66. The van der Waals surface area contributed by atoms with Gasteiger partial charge in [-0.3, -0.25) is 9.59 Å². The molecule has 0 spiro atoms. The second-order valence-electron chi connectivity index (χ2n) is 8.89. The average Bonchev–Trinajstić information content (AvgIpc) is 2.84. The van der Waals surface area contributed by atoms with Gasteiger partial charge in [0.1, 0.15) is 0 Å². The molecule has 5 nitrogen and oxygen atoms in total. The number of rotatable bonds is 5. The lowest BCUT2D eigenvalue weighted by molar-refractivity contribution is -0.120. The van der Waals surface area contributed by atoms with Gasteiger partial charge in [-0.25, -0.2) is 0 Å². The summed E-state index contributed by atoms with van der Waals surface area (Å²) in [5.41, 5.74) is 2.23. The number of aliphatic hydroxyl groups is 1. The molecule has 1 heterocycles. The van der Waals surface area contributed by atoms with E-state index in [-0.39, 0.29) is 23.7 Å². The number of anilines is 1. The van der Waals surface area contributed by atoms with Gasteiger partial charge in [0.15, 0.2) is 0 Å². The molecule has 31 heavy (non-hydrogen) atoms. The van der Waals surface area contributed by atoms with Crippen molar-refractivity contribution in [3.8, 4) is 0 Å². The molecule has 2 aliphatic rings. The van der Waals surface area contributed by atoms with Crippen LogP contribution < -0.4 is 5.32 Å². The van der Waals surface area contributed by atoms with Crippen molar-refractivity contribution < 1.29 is 14.7 Å². The molecule has 2 amide bonds. The molecule has 2 aromatic rings. The van der Waals surface area contributed by atoms with Crippen molar-refractivity contribution in [1.82, 2.24) is 4.90 Å². The molecular formula is C26H32N2O3. The maximum absolute atomic E-state index is 13.0. The SMILES string of the molecule is O=C(Nc1cccc(C(=O)N2CCC(C(O)c3ccccc3)CC2)c1)C1CCCCC1. The van der Waals surface area contributed by atoms with Crippen molar-refractivity contribution in [2.75, 3.05) is 18.4 Å². The Morgan fingerprint density at radius 3 is 2.32 bits per heavy atom. The molecule has 1 unspecified atom stereocenters. The van der Waals surface area contributed by atoms with Crippen molar-refractivity contribution >= 4 is 17.5 Å². The summed E-state index contributed by atoms with van der Waals surface area (Å²) in [7, 11) is 0. The van der Waals surface area contributed by atoms with Crippen LogP contribution in [-0.4, -0.2) is 34.9 Å². The third-order valence-corrected chi connectivity index (χ3v) is 6.77. The van der Waals surface area contributed by atoms with Gasteiger partial charge >= 0.3 is 0 Å². The van der Waals surface area contributed by atoms with Gasteiger partial charge in [-0.15, -0.1) is 0 Å². The molecule has 1 aliphatic heterocycles. The molecular weight excluding hydrogens is 388 g/mol. The van der Waals surface area contributed by atoms with Gasteiger partial charge in [0.2, 0.25) is 5.91 Å². The van der Waals surface area contributed by atoms with Crippen LogP contribution in [0.15, 0.2) is 54.6 Å². The third-order valence-electron chi connectivity index (χ3n) is 6.77. The normalized spacial score (nSPS) is 19.1. The Labute approximate surface area is 184 Å². The number of benzene rings is 2. The number of piperidine rings is 1. The summed E-state index contributed by atoms with van der Waals surface area (Å²) in [6, 6.07) is 17.0. The fourth-order valence-electron chi connectivity index (χ4n) is 4.86. The van der Waals surface area contributed by atoms with Gasteiger partial charge < -0.3 is 15.3 Å². The summed E-state index contributed by atoms with van der Waals surface area (Å²) in [4.78, 5) is 27.4. The lowest BCUT2D eigenvalue weighted by Gasteiger charge is -2.34. The molecule has 1 aliphatic carbocycles. The highest BCUT2D eigenvalue weighted by Gasteiger charge is 2.29. The second-order valence-corrected chi connectivity index (χ2v) is 8.89.